The number of nitrogens with one attached hydrogen (secondary N) is 1. The Kier molecular flexibility index (Phi) is 5.51. The summed E-state index contributed by atoms with van der Waals surface area (Å²) in [5.74, 6) is 0. The van der Waals surface area contributed by atoms with Gasteiger partial charge in [-0.05, 0) is 26.2 Å². The lowest BCUT2D eigenvalue weighted by Crippen LogP contribution is -2.46. The van der Waals surface area contributed by atoms with Gasteiger partial charge in [0.15, 0.2) is 6.29 Å². The van der Waals surface area contributed by atoms with Crippen LogP contribution in [0.15, 0.2) is 0 Å². The van der Waals surface area contributed by atoms with Crippen LogP contribution in [0, 0.1) is 0 Å². The van der Waals surface area contributed by atoms with E-state index in [-0.39, 0.29) is 12.9 Å². The van der Waals surface area contributed by atoms with Crippen LogP contribution in [-0.2, 0) is 9.47 Å². The van der Waals surface area contributed by atoms with Gasteiger partial charge in [-0.25, -0.2) is 4.79 Å². The van der Waals surface area contributed by atoms with E-state index in [1.165, 1.54) is 0 Å². The van der Waals surface area contributed by atoms with Gasteiger partial charge in [0, 0.05) is 6.61 Å². The van der Waals surface area contributed by atoms with Gasteiger partial charge in [0.25, 0.3) is 0 Å². The molecular formula is C10H19NO5. The molecule has 1 fully saturated rings. The van der Waals surface area contributed by atoms with Crippen molar-refractivity contribution >= 4 is 6.09 Å². The Morgan fingerprint density at radius 1 is 1.62 bits per heavy atom. The molecule has 1 aliphatic rings. The quantitative estimate of drug-likeness (QED) is 0.645. The molecule has 0 saturated carbocycles. The van der Waals surface area contributed by atoms with Crippen molar-refractivity contribution in [1.29, 1.82) is 0 Å². The lowest BCUT2D eigenvalue weighted by molar-refractivity contribution is -0.191. The Morgan fingerprint density at radius 2 is 2.38 bits per heavy atom. The second kappa shape index (κ2) is 6.67. The van der Waals surface area contributed by atoms with Crippen molar-refractivity contribution in [2.45, 2.75) is 44.6 Å². The molecule has 3 atom stereocenters. The maximum Gasteiger partial charge on any atom is 0.405 e. The predicted octanol–water partition coefficient (Wildman–Crippen LogP) is 0.547. The number of aliphatic hydroxyl groups excluding tert-OH is 1. The van der Waals surface area contributed by atoms with Gasteiger partial charge in [0.2, 0.25) is 0 Å². The minimum Gasteiger partial charge on any atom is -0.465 e. The van der Waals surface area contributed by atoms with E-state index < -0.39 is 18.2 Å². The summed E-state index contributed by atoms with van der Waals surface area (Å²) in [4.78, 5) is 10.5. The Hall–Kier alpha value is -0.850. The van der Waals surface area contributed by atoms with E-state index in [1.807, 2.05) is 0 Å². The van der Waals surface area contributed by atoms with E-state index in [0.717, 1.165) is 19.3 Å². The van der Waals surface area contributed by atoms with Crippen LogP contribution in [0.3, 0.4) is 0 Å². The molecule has 16 heavy (non-hydrogen) atoms. The van der Waals surface area contributed by atoms with Gasteiger partial charge < -0.3 is 25.0 Å². The highest BCUT2D eigenvalue weighted by Crippen LogP contribution is 2.16. The predicted molar refractivity (Wildman–Crippen MR) is 56.2 cm³/mol. The Morgan fingerprint density at radius 3 is 2.88 bits per heavy atom. The highest BCUT2D eigenvalue weighted by molar-refractivity contribution is 5.64. The molecule has 3 N–H and O–H groups in total. The summed E-state index contributed by atoms with van der Waals surface area (Å²) in [5, 5.41) is 19.8. The van der Waals surface area contributed by atoms with E-state index in [0.29, 0.717) is 6.61 Å². The van der Waals surface area contributed by atoms with Crippen molar-refractivity contribution in [2.24, 2.45) is 0 Å². The number of amides is 1. The number of rotatable bonds is 5. The third kappa shape index (κ3) is 4.34. The van der Waals surface area contributed by atoms with E-state index in [9.17, 15) is 4.79 Å². The summed E-state index contributed by atoms with van der Waals surface area (Å²) in [5.41, 5.74) is 0. The number of carbonyl (C=O) groups is 1. The second-order valence-corrected chi connectivity index (χ2v) is 3.88. The molecule has 1 unspecified atom stereocenters. The molecule has 0 aromatic heterocycles. The fourth-order valence-electron chi connectivity index (χ4n) is 1.62. The third-order valence-electron chi connectivity index (χ3n) is 2.58. The highest BCUT2D eigenvalue weighted by atomic mass is 16.7. The van der Waals surface area contributed by atoms with Crippen LogP contribution in [0.5, 0.6) is 0 Å². The summed E-state index contributed by atoms with van der Waals surface area (Å²) >= 11 is 0. The molecule has 0 spiro atoms. The molecule has 1 aliphatic heterocycles. The molecule has 6 heteroatoms. The molecule has 0 aromatic rings. The first-order valence-corrected chi connectivity index (χ1v) is 5.51. The number of ether oxygens (including phenoxy) is 2. The zero-order valence-corrected chi connectivity index (χ0v) is 9.39. The second-order valence-electron chi connectivity index (χ2n) is 3.88. The SMILES string of the molecule is C[C@@H](OC1CCCCO1)[C@@H](CO)NC(=O)O. The fraction of sp³-hybridized carbons (Fsp3) is 0.900. The zero-order valence-electron chi connectivity index (χ0n) is 9.39. The number of aliphatic hydroxyl groups is 1. The zero-order chi connectivity index (χ0) is 12.0. The first kappa shape index (κ1) is 13.2. The summed E-state index contributed by atoms with van der Waals surface area (Å²) in [7, 11) is 0. The normalized spacial score (nSPS) is 24.8. The Labute approximate surface area is 94.5 Å². The molecular weight excluding hydrogens is 214 g/mol. The summed E-state index contributed by atoms with van der Waals surface area (Å²) < 4.78 is 10.9. The molecule has 0 aromatic carbocycles. The molecule has 1 rings (SSSR count). The molecule has 1 heterocycles. The molecule has 6 nitrogen and oxygen atoms in total. The minimum atomic E-state index is -1.17. The van der Waals surface area contributed by atoms with Gasteiger partial charge in [0.1, 0.15) is 0 Å². The number of hydrogen-bond donors (Lipinski definition) is 3. The fourth-order valence-corrected chi connectivity index (χ4v) is 1.62. The summed E-state index contributed by atoms with van der Waals surface area (Å²) in [6.45, 7) is 2.10. The lowest BCUT2D eigenvalue weighted by atomic mass is 10.1. The average Bonchev–Trinajstić information content (AvgIpc) is 2.26. The number of hydrogen-bond acceptors (Lipinski definition) is 4. The van der Waals surface area contributed by atoms with Crippen LogP contribution in [0.4, 0.5) is 4.79 Å². The number of carboxylic acid groups (broad SMARTS) is 1. The highest BCUT2D eigenvalue weighted by Gasteiger charge is 2.24. The standard InChI is InChI=1S/C10H19NO5/c1-7(8(6-12)11-10(13)14)16-9-4-2-3-5-15-9/h7-9,11-12H,2-6H2,1H3,(H,13,14)/t7-,8-,9?/m1/s1. The van der Waals surface area contributed by atoms with Crippen molar-refractivity contribution < 1.29 is 24.5 Å². The van der Waals surface area contributed by atoms with Crippen molar-refractivity contribution in [1.82, 2.24) is 5.32 Å². The maximum absolute atomic E-state index is 10.5. The average molecular weight is 233 g/mol. The largest absolute Gasteiger partial charge is 0.465 e. The van der Waals surface area contributed by atoms with Gasteiger partial charge in [-0.15, -0.1) is 0 Å². The van der Waals surface area contributed by atoms with Crippen molar-refractivity contribution in [3.05, 3.63) is 0 Å². The van der Waals surface area contributed by atoms with E-state index in [2.05, 4.69) is 5.32 Å². The van der Waals surface area contributed by atoms with Crippen LogP contribution in [0.25, 0.3) is 0 Å². The smallest absolute Gasteiger partial charge is 0.405 e. The molecule has 0 radical (unpaired) electrons. The minimum absolute atomic E-state index is 0.284. The van der Waals surface area contributed by atoms with Crippen molar-refractivity contribution in [3.8, 4) is 0 Å². The van der Waals surface area contributed by atoms with Gasteiger partial charge in [0.05, 0.1) is 18.8 Å². The monoisotopic (exact) mass is 233 g/mol. The van der Waals surface area contributed by atoms with Crippen LogP contribution < -0.4 is 5.32 Å². The third-order valence-corrected chi connectivity index (χ3v) is 2.58. The van der Waals surface area contributed by atoms with Crippen LogP contribution in [0.1, 0.15) is 26.2 Å². The molecule has 1 amide bonds. The van der Waals surface area contributed by atoms with E-state index in [1.54, 1.807) is 6.92 Å². The molecule has 0 bridgehead atoms. The van der Waals surface area contributed by atoms with Crippen LogP contribution >= 0.6 is 0 Å². The van der Waals surface area contributed by atoms with Crippen LogP contribution in [-0.4, -0.2) is 48.0 Å². The van der Waals surface area contributed by atoms with Crippen molar-refractivity contribution in [2.75, 3.05) is 13.2 Å². The first-order valence-electron chi connectivity index (χ1n) is 5.51. The first-order chi connectivity index (χ1) is 7.63. The Bertz CT molecular complexity index is 217. The van der Waals surface area contributed by atoms with Gasteiger partial charge in [-0.1, -0.05) is 0 Å². The topological polar surface area (TPSA) is 88.0 Å². The van der Waals surface area contributed by atoms with E-state index in [4.69, 9.17) is 19.7 Å². The van der Waals surface area contributed by atoms with Gasteiger partial charge in [-0.3, -0.25) is 0 Å². The molecule has 1 saturated heterocycles. The summed E-state index contributed by atoms with van der Waals surface area (Å²) in [6.07, 6.45) is 1.03. The maximum atomic E-state index is 10.5. The molecule has 94 valence electrons. The molecule has 0 aliphatic carbocycles. The van der Waals surface area contributed by atoms with Gasteiger partial charge in [-0.2, -0.15) is 0 Å². The van der Waals surface area contributed by atoms with Gasteiger partial charge >= 0.3 is 6.09 Å². The van der Waals surface area contributed by atoms with Crippen LogP contribution in [0.2, 0.25) is 0 Å². The van der Waals surface area contributed by atoms with Crippen molar-refractivity contribution in [3.63, 3.8) is 0 Å². The Balaban J connectivity index is 2.35. The summed E-state index contributed by atoms with van der Waals surface area (Å²) in [6, 6.07) is -0.622. The lowest BCUT2D eigenvalue weighted by Gasteiger charge is -2.29. The van der Waals surface area contributed by atoms with E-state index >= 15 is 0 Å².